The van der Waals surface area contributed by atoms with Crippen LogP contribution in [0.15, 0.2) is 53.4 Å². The van der Waals surface area contributed by atoms with Crippen molar-refractivity contribution in [2.75, 3.05) is 13.1 Å². The van der Waals surface area contributed by atoms with Gasteiger partial charge < -0.3 is 10.1 Å². The summed E-state index contributed by atoms with van der Waals surface area (Å²) in [6.45, 7) is 8.61. The minimum atomic E-state index is -3.50. The van der Waals surface area contributed by atoms with Crippen LogP contribution in [-0.2, 0) is 14.8 Å². The quantitative estimate of drug-likeness (QED) is 0.704. The fourth-order valence-electron chi connectivity index (χ4n) is 3.73. The van der Waals surface area contributed by atoms with E-state index >= 15 is 0 Å². The molecule has 2 aromatic carbocycles. The molecule has 1 aliphatic heterocycles. The molecule has 168 valence electrons. The minimum absolute atomic E-state index is 0.0663. The van der Waals surface area contributed by atoms with Crippen molar-refractivity contribution in [2.45, 2.75) is 63.5 Å². The van der Waals surface area contributed by atoms with Gasteiger partial charge in [-0.2, -0.15) is 4.31 Å². The van der Waals surface area contributed by atoms with E-state index in [0.717, 1.165) is 16.9 Å². The summed E-state index contributed by atoms with van der Waals surface area (Å²) in [5.74, 6) is 0.837. The largest absolute Gasteiger partial charge is 0.481 e. The van der Waals surface area contributed by atoms with Crippen molar-refractivity contribution in [1.29, 1.82) is 0 Å². The molecule has 1 fully saturated rings. The van der Waals surface area contributed by atoms with E-state index in [-0.39, 0.29) is 11.9 Å². The maximum Gasteiger partial charge on any atom is 0.260 e. The van der Waals surface area contributed by atoms with E-state index in [1.165, 1.54) is 4.31 Å². The first-order valence-corrected chi connectivity index (χ1v) is 12.2. The summed E-state index contributed by atoms with van der Waals surface area (Å²) < 4.78 is 33.1. The van der Waals surface area contributed by atoms with E-state index in [2.05, 4.69) is 19.2 Å². The van der Waals surface area contributed by atoms with Crippen LogP contribution in [0, 0.1) is 6.92 Å². The Morgan fingerprint density at radius 1 is 1.03 bits per heavy atom. The summed E-state index contributed by atoms with van der Waals surface area (Å²) >= 11 is 0. The molecule has 0 radical (unpaired) electrons. The molecule has 2 aromatic rings. The number of sulfonamides is 1. The number of amides is 1. The van der Waals surface area contributed by atoms with Gasteiger partial charge in [-0.05, 0) is 56.4 Å². The number of hydrogen-bond acceptors (Lipinski definition) is 4. The molecule has 1 aliphatic rings. The molecular weight excluding hydrogens is 412 g/mol. The van der Waals surface area contributed by atoms with Gasteiger partial charge in [0.2, 0.25) is 10.0 Å². The molecule has 1 heterocycles. The fourth-order valence-corrected chi connectivity index (χ4v) is 5.20. The number of nitrogens with zero attached hydrogens (tertiary/aromatic N) is 1. The van der Waals surface area contributed by atoms with Crippen molar-refractivity contribution in [2.24, 2.45) is 0 Å². The fraction of sp³-hybridized carbons (Fsp3) is 0.458. The average molecular weight is 445 g/mol. The van der Waals surface area contributed by atoms with E-state index < -0.39 is 16.1 Å². The lowest BCUT2D eigenvalue weighted by atomic mass is 10.0. The van der Waals surface area contributed by atoms with Gasteiger partial charge in [0.15, 0.2) is 6.10 Å². The van der Waals surface area contributed by atoms with Crippen LogP contribution in [0.3, 0.4) is 0 Å². The summed E-state index contributed by atoms with van der Waals surface area (Å²) in [6, 6.07) is 14.6. The van der Waals surface area contributed by atoms with E-state index in [9.17, 15) is 13.2 Å². The highest BCUT2D eigenvalue weighted by molar-refractivity contribution is 7.89. The molecule has 0 aliphatic carbocycles. The first-order chi connectivity index (χ1) is 14.7. The first-order valence-electron chi connectivity index (χ1n) is 10.8. The van der Waals surface area contributed by atoms with Gasteiger partial charge >= 0.3 is 0 Å². The van der Waals surface area contributed by atoms with Crippen molar-refractivity contribution >= 4 is 15.9 Å². The molecule has 7 heteroatoms. The molecule has 1 N–H and O–H groups in total. The van der Waals surface area contributed by atoms with Gasteiger partial charge in [-0.25, -0.2) is 8.42 Å². The van der Waals surface area contributed by atoms with Crippen LogP contribution < -0.4 is 10.1 Å². The number of benzene rings is 2. The summed E-state index contributed by atoms with van der Waals surface area (Å²) in [5.41, 5.74) is 2.09. The van der Waals surface area contributed by atoms with E-state index in [0.29, 0.717) is 36.7 Å². The third kappa shape index (κ3) is 5.66. The zero-order chi connectivity index (χ0) is 22.6. The summed E-state index contributed by atoms with van der Waals surface area (Å²) in [7, 11) is -3.50. The predicted molar refractivity (Wildman–Crippen MR) is 122 cm³/mol. The molecule has 0 aromatic heterocycles. The first kappa shape index (κ1) is 23.3. The highest BCUT2D eigenvalue weighted by Gasteiger charge is 2.30. The Morgan fingerprint density at radius 2 is 1.65 bits per heavy atom. The zero-order valence-corrected chi connectivity index (χ0v) is 19.5. The summed E-state index contributed by atoms with van der Waals surface area (Å²) in [5, 5.41) is 3.02. The molecule has 31 heavy (non-hydrogen) atoms. The molecule has 6 nitrogen and oxygen atoms in total. The average Bonchev–Trinajstić information content (AvgIpc) is 2.74. The Kier molecular flexibility index (Phi) is 7.38. The van der Waals surface area contributed by atoms with Crippen LogP contribution in [0.2, 0.25) is 0 Å². The molecule has 1 atom stereocenters. The number of rotatable bonds is 7. The second kappa shape index (κ2) is 9.83. The van der Waals surface area contributed by atoms with Gasteiger partial charge in [0, 0.05) is 19.1 Å². The van der Waals surface area contributed by atoms with Gasteiger partial charge in [0.1, 0.15) is 5.75 Å². The summed E-state index contributed by atoms with van der Waals surface area (Å²) in [4.78, 5) is 13.0. The van der Waals surface area contributed by atoms with Crippen LogP contribution in [0.25, 0.3) is 0 Å². The van der Waals surface area contributed by atoms with Crippen LogP contribution in [0.5, 0.6) is 5.75 Å². The zero-order valence-electron chi connectivity index (χ0n) is 18.7. The van der Waals surface area contributed by atoms with E-state index in [4.69, 9.17) is 4.74 Å². The Labute approximate surface area is 185 Å². The number of para-hydroxylation sites is 1. The molecule has 0 bridgehead atoms. The number of ether oxygens (including phenoxy) is 1. The topological polar surface area (TPSA) is 75.7 Å². The predicted octanol–water partition coefficient (Wildman–Crippen LogP) is 3.86. The second-order valence-electron chi connectivity index (χ2n) is 8.45. The maximum absolute atomic E-state index is 12.8. The van der Waals surface area contributed by atoms with Crippen LogP contribution >= 0.6 is 0 Å². The highest BCUT2D eigenvalue weighted by atomic mass is 32.2. The number of piperidine rings is 1. The Bertz CT molecular complexity index is 994. The molecule has 1 amide bonds. The molecule has 1 saturated heterocycles. The van der Waals surface area contributed by atoms with Gasteiger partial charge in [-0.15, -0.1) is 0 Å². The number of aryl methyl sites for hydroxylation is 1. The Morgan fingerprint density at radius 3 is 2.26 bits per heavy atom. The minimum Gasteiger partial charge on any atom is -0.481 e. The van der Waals surface area contributed by atoms with Crippen LogP contribution in [0.4, 0.5) is 0 Å². The lowest BCUT2D eigenvalue weighted by Gasteiger charge is -2.32. The lowest BCUT2D eigenvalue weighted by molar-refractivity contribution is -0.128. The van der Waals surface area contributed by atoms with Crippen molar-refractivity contribution in [3.8, 4) is 5.75 Å². The van der Waals surface area contributed by atoms with Gasteiger partial charge in [0.05, 0.1) is 4.90 Å². The van der Waals surface area contributed by atoms with E-state index in [1.807, 2.05) is 31.2 Å². The number of hydrogen-bond donors (Lipinski definition) is 1. The molecule has 0 saturated carbocycles. The Balaban J connectivity index is 1.55. The SMILES string of the molecule is Cc1ccc(S(=O)(=O)N2CCC(NC(=O)C(C)Oc3ccccc3C(C)C)CC2)cc1. The van der Waals surface area contributed by atoms with Crippen molar-refractivity contribution in [3.63, 3.8) is 0 Å². The van der Waals surface area contributed by atoms with Gasteiger partial charge in [-0.3, -0.25) is 4.79 Å². The highest BCUT2D eigenvalue weighted by Crippen LogP contribution is 2.27. The van der Waals surface area contributed by atoms with Crippen LogP contribution in [-0.4, -0.2) is 43.9 Å². The van der Waals surface area contributed by atoms with Crippen LogP contribution in [0.1, 0.15) is 50.7 Å². The monoisotopic (exact) mass is 444 g/mol. The number of nitrogens with one attached hydrogen (secondary N) is 1. The number of carbonyl (C=O) groups is 1. The molecule has 0 spiro atoms. The normalized spacial score (nSPS) is 16.8. The standard InChI is InChI=1S/C24H32N2O4S/c1-17(2)22-7-5-6-8-23(22)30-19(4)24(27)25-20-13-15-26(16-14-20)31(28,29)21-11-9-18(3)10-12-21/h5-12,17,19-20H,13-16H2,1-4H3,(H,25,27). The smallest absolute Gasteiger partial charge is 0.260 e. The maximum atomic E-state index is 12.8. The number of carbonyl (C=O) groups excluding carboxylic acids is 1. The van der Waals surface area contributed by atoms with Gasteiger partial charge in [-0.1, -0.05) is 49.7 Å². The third-order valence-electron chi connectivity index (χ3n) is 5.67. The van der Waals surface area contributed by atoms with Crippen molar-refractivity contribution in [3.05, 3.63) is 59.7 Å². The molecular formula is C24H32N2O4S. The summed E-state index contributed by atoms with van der Waals surface area (Å²) in [6.07, 6.45) is 0.521. The Hall–Kier alpha value is -2.38. The molecule has 3 rings (SSSR count). The van der Waals surface area contributed by atoms with E-state index in [1.54, 1.807) is 31.2 Å². The third-order valence-corrected chi connectivity index (χ3v) is 7.59. The van der Waals surface area contributed by atoms with Crippen molar-refractivity contribution < 1.29 is 17.9 Å². The van der Waals surface area contributed by atoms with Gasteiger partial charge in [0.25, 0.3) is 5.91 Å². The van der Waals surface area contributed by atoms with Crippen molar-refractivity contribution in [1.82, 2.24) is 9.62 Å². The lowest BCUT2D eigenvalue weighted by Crippen LogP contribution is -2.49. The molecule has 1 unspecified atom stereocenters. The second-order valence-corrected chi connectivity index (χ2v) is 10.4.